The Labute approximate surface area is 77.6 Å². The largest absolute Gasteiger partial charge is 0.376 e. The summed E-state index contributed by atoms with van der Waals surface area (Å²) in [7, 11) is 0. The Morgan fingerprint density at radius 3 is 2.77 bits per heavy atom. The van der Waals surface area contributed by atoms with Crippen molar-refractivity contribution in [3.05, 3.63) is 0 Å². The third-order valence-corrected chi connectivity index (χ3v) is 2.27. The molecule has 2 unspecified atom stereocenters. The van der Waals surface area contributed by atoms with Crippen LogP contribution in [0.1, 0.15) is 26.2 Å². The lowest BCUT2D eigenvalue weighted by Gasteiger charge is -2.23. The summed E-state index contributed by atoms with van der Waals surface area (Å²) in [4.78, 5) is 0. The number of alkyl halides is 2. The molecule has 1 rings (SSSR count). The van der Waals surface area contributed by atoms with Crippen LogP contribution in [0, 0.1) is 0 Å². The third-order valence-electron chi connectivity index (χ3n) is 2.27. The van der Waals surface area contributed by atoms with E-state index in [4.69, 9.17) is 4.74 Å². The number of rotatable bonds is 5. The Hall–Kier alpha value is -0.220. The molecule has 1 aliphatic rings. The Morgan fingerprint density at radius 1 is 1.54 bits per heavy atom. The van der Waals surface area contributed by atoms with Crippen molar-refractivity contribution in [2.45, 2.75) is 44.8 Å². The highest BCUT2D eigenvalue weighted by molar-refractivity contribution is 4.82. The Balaban J connectivity index is 2.36. The minimum Gasteiger partial charge on any atom is -0.376 e. The van der Waals surface area contributed by atoms with Crippen LogP contribution in [0.4, 0.5) is 8.78 Å². The summed E-state index contributed by atoms with van der Waals surface area (Å²) in [5.41, 5.74) is 0. The molecular weight excluding hydrogens is 176 g/mol. The first-order valence-electron chi connectivity index (χ1n) is 4.89. The second kappa shape index (κ2) is 5.50. The van der Waals surface area contributed by atoms with Crippen molar-refractivity contribution in [2.75, 3.05) is 13.2 Å². The average molecular weight is 193 g/mol. The van der Waals surface area contributed by atoms with Crippen LogP contribution >= 0.6 is 0 Å². The van der Waals surface area contributed by atoms with E-state index in [0.717, 1.165) is 19.3 Å². The molecule has 0 radical (unpaired) electrons. The fourth-order valence-corrected chi connectivity index (χ4v) is 1.58. The second-order valence-electron chi connectivity index (χ2n) is 3.37. The van der Waals surface area contributed by atoms with E-state index in [0.29, 0.717) is 13.2 Å². The molecule has 1 aliphatic heterocycles. The van der Waals surface area contributed by atoms with Crippen LogP contribution in [-0.2, 0) is 4.74 Å². The summed E-state index contributed by atoms with van der Waals surface area (Å²) in [5.74, 6) is 0. The molecule has 0 aliphatic carbocycles. The number of nitrogens with one attached hydrogen (secondary N) is 1. The zero-order valence-electron chi connectivity index (χ0n) is 7.93. The predicted molar refractivity (Wildman–Crippen MR) is 47.1 cm³/mol. The van der Waals surface area contributed by atoms with Crippen molar-refractivity contribution < 1.29 is 13.5 Å². The molecule has 1 N–H and O–H groups in total. The van der Waals surface area contributed by atoms with Crippen molar-refractivity contribution in [3.8, 4) is 0 Å². The smallest absolute Gasteiger partial charge is 0.256 e. The van der Waals surface area contributed by atoms with Gasteiger partial charge in [0.15, 0.2) is 0 Å². The molecule has 1 saturated heterocycles. The molecule has 0 spiro atoms. The molecule has 0 bridgehead atoms. The molecule has 0 aromatic rings. The van der Waals surface area contributed by atoms with Gasteiger partial charge >= 0.3 is 0 Å². The van der Waals surface area contributed by atoms with Gasteiger partial charge < -0.3 is 10.1 Å². The Bertz CT molecular complexity index is 138. The van der Waals surface area contributed by atoms with E-state index in [9.17, 15) is 8.78 Å². The standard InChI is InChI=1S/C9H17F2NO/c1-2-5-12-8(9(10)11)7-4-3-6-13-7/h7-9,12H,2-6H2,1H3. The first-order valence-corrected chi connectivity index (χ1v) is 4.89. The summed E-state index contributed by atoms with van der Waals surface area (Å²) in [6, 6.07) is -0.776. The van der Waals surface area contributed by atoms with Gasteiger partial charge in [-0.2, -0.15) is 0 Å². The van der Waals surface area contributed by atoms with Gasteiger partial charge in [0, 0.05) is 6.61 Å². The number of ether oxygens (including phenoxy) is 1. The molecule has 1 fully saturated rings. The van der Waals surface area contributed by atoms with Crippen LogP contribution < -0.4 is 5.32 Å². The summed E-state index contributed by atoms with van der Waals surface area (Å²) in [5, 5.41) is 2.84. The maximum Gasteiger partial charge on any atom is 0.256 e. The maximum absolute atomic E-state index is 12.5. The predicted octanol–water partition coefficient (Wildman–Crippen LogP) is 1.80. The van der Waals surface area contributed by atoms with Crippen molar-refractivity contribution in [2.24, 2.45) is 0 Å². The van der Waals surface area contributed by atoms with E-state index in [1.54, 1.807) is 0 Å². The van der Waals surface area contributed by atoms with Gasteiger partial charge in [-0.25, -0.2) is 8.78 Å². The zero-order valence-corrected chi connectivity index (χ0v) is 7.93. The molecule has 78 valence electrons. The molecule has 0 amide bonds. The summed E-state index contributed by atoms with van der Waals surface area (Å²) in [6.07, 6.45) is -0.0789. The highest BCUT2D eigenvalue weighted by Gasteiger charge is 2.32. The van der Waals surface area contributed by atoms with Gasteiger partial charge in [-0.3, -0.25) is 0 Å². The molecule has 13 heavy (non-hydrogen) atoms. The van der Waals surface area contributed by atoms with E-state index in [-0.39, 0.29) is 6.10 Å². The van der Waals surface area contributed by atoms with Gasteiger partial charge in [0.05, 0.1) is 12.1 Å². The monoisotopic (exact) mass is 193 g/mol. The normalized spacial score (nSPS) is 25.4. The van der Waals surface area contributed by atoms with Crippen LogP contribution in [-0.4, -0.2) is 31.7 Å². The number of halogens is 2. The molecule has 2 nitrogen and oxygen atoms in total. The molecule has 1 heterocycles. The highest BCUT2D eigenvalue weighted by Crippen LogP contribution is 2.19. The number of hydrogen-bond donors (Lipinski definition) is 1. The summed E-state index contributed by atoms with van der Waals surface area (Å²) < 4.78 is 30.3. The van der Waals surface area contributed by atoms with Crippen LogP contribution in [0.3, 0.4) is 0 Å². The van der Waals surface area contributed by atoms with Gasteiger partial charge in [0.25, 0.3) is 6.43 Å². The van der Waals surface area contributed by atoms with E-state index >= 15 is 0 Å². The third kappa shape index (κ3) is 3.19. The van der Waals surface area contributed by atoms with Crippen LogP contribution in [0.2, 0.25) is 0 Å². The van der Waals surface area contributed by atoms with Crippen molar-refractivity contribution >= 4 is 0 Å². The fraction of sp³-hybridized carbons (Fsp3) is 1.00. The van der Waals surface area contributed by atoms with E-state index in [1.165, 1.54) is 0 Å². The lowest BCUT2D eigenvalue weighted by molar-refractivity contribution is 0.00240. The van der Waals surface area contributed by atoms with Crippen LogP contribution in [0.15, 0.2) is 0 Å². The zero-order chi connectivity index (χ0) is 9.68. The first-order chi connectivity index (χ1) is 6.25. The van der Waals surface area contributed by atoms with Crippen molar-refractivity contribution in [1.82, 2.24) is 5.32 Å². The molecule has 2 atom stereocenters. The molecule has 0 saturated carbocycles. The maximum atomic E-state index is 12.5. The van der Waals surface area contributed by atoms with Gasteiger partial charge in [-0.15, -0.1) is 0 Å². The molecular formula is C9H17F2NO. The number of hydrogen-bond acceptors (Lipinski definition) is 2. The minimum atomic E-state index is -2.32. The highest BCUT2D eigenvalue weighted by atomic mass is 19.3. The van der Waals surface area contributed by atoms with Gasteiger partial charge in [0.1, 0.15) is 0 Å². The van der Waals surface area contributed by atoms with Crippen LogP contribution in [0.25, 0.3) is 0 Å². The first kappa shape index (κ1) is 10.9. The molecule has 0 aromatic carbocycles. The molecule has 0 aromatic heterocycles. The van der Waals surface area contributed by atoms with Gasteiger partial charge in [-0.1, -0.05) is 6.92 Å². The SMILES string of the molecule is CCCNC(C(F)F)C1CCCO1. The van der Waals surface area contributed by atoms with Crippen LogP contribution in [0.5, 0.6) is 0 Å². The van der Waals surface area contributed by atoms with Gasteiger partial charge in [-0.05, 0) is 25.8 Å². The Kier molecular flexibility index (Phi) is 4.59. The second-order valence-corrected chi connectivity index (χ2v) is 3.37. The lowest BCUT2D eigenvalue weighted by Crippen LogP contribution is -2.45. The van der Waals surface area contributed by atoms with E-state index < -0.39 is 12.5 Å². The fourth-order valence-electron chi connectivity index (χ4n) is 1.58. The summed E-state index contributed by atoms with van der Waals surface area (Å²) >= 11 is 0. The topological polar surface area (TPSA) is 21.3 Å². The Morgan fingerprint density at radius 2 is 2.31 bits per heavy atom. The van der Waals surface area contributed by atoms with Crippen molar-refractivity contribution in [3.63, 3.8) is 0 Å². The minimum absolute atomic E-state index is 0.286. The van der Waals surface area contributed by atoms with E-state index in [2.05, 4.69) is 5.32 Å². The van der Waals surface area contributed by atoms with Gasteiger partial charge in [0.2, 0.25) is 0 Å². The van der Waals surface area contributed by atoms with E-state index in [1.807, 2.05) is 6.92 Å². The summed E-state index contributed by atoms with van der Waals surface area (Å²) in [6.45, 7) is 3.22. The lowest BCUT2D eigenvalue weighted by atomic mass is 10.1. The quantitative estimate of drug-likeness (QED) is 0.718. The van der Waals surface area contributed by atoms with Crippen molar-refractivity contribution in [1.29, 1.82) is 0 Å². The average Bonchev–Trinajstić information content (AvgIpc) is 2.57. The molecule has 4 heteroatoms.